The van der Waals surface area contributed by atoms with Gasteiger partial charge in [-0.05, 0) is 23.8 Å². The Bertz CT molecular complexity index is 868. The van der Waals surface area contributed by atoms with E-state index in [4.69, 9.17) is 0 Å². The van der Waals surface area contributed by atoms with Gasteiger partial charge in [0.25, 0.3) is 10.0 Å². The van der Waals surface area contributed by atoms with Crippen LogP contribution in [0.3, 0.4) is 0 Å². The number of hydrogen-bond donors (Lipinski definition) is 3. The molecule has 0 unspecified atom stereocenters. The number of phenols is 1. The number of aromatic hydroxyl groups is 1. The van der Waals surface area contributed by atoms with Gasteiger partial charge in [0, 0.05) is 25.2 Å². The fraction of sp³-hybridized carbons (Fsp3) is 0.133. The van der Waals surface area contributed by atoms with Crippen LogP contribution in [-0.2, 0) is 21.4 Å². The van der Waals surface area contributed by atoms with Gasteiger partial charge in [0.15, 0.2) is 11.6 Å². The average molecular weight is 356 g/mol. The summed E-state index contributed by atoms with van der Waals surface area (Å²) < 4.78 is 52.9. The Morgan fingerprint density at radius 1 is 1.17 bits per heavy atom. The predicted octanol–water partition coefficient (Wildman–Crippen LogP) is 2.11. The molecule has 3 N–H and O–H groups in total. The largest absolute Gasteiger partial charge is 0.504 e. The number of nitrogens with one attached hydrogen (secondary N) is 2. The first kappa shape index (κ1) is 17.7. The third kappa shape index (κ3) is 4.19. The van der Waals surface area contributed by atoms with Crippen molar-refractivity contribution >= 4 is 21.6 Å². The Labute approximate surface area is 137 Å². The van der Waals surface area contributed by atoms with Gasteiger partial charge in [0.05, 0.1) is 0 Å². The normalized spacial score (nSPS) is 11.1. The molecular formula is C15H14F2N2O4S. The van der Waals surface area contributed by atoms with Gasteiger partial charge in [0.1, 0.15) is 10.7 Å². The fourth-order valence-electron chi connectivity index (χ4n) is 1.87. The summed E-state index contributed by atoms with van der Waals surface area (Å²) >= 11 is 0. The van der Waals surface area contributed by atoms with Crippen molar-refractivity contribution in [3.8, 4) is 5.75 Å². The van der Waals surface area contributed by atoms with Crippen LogP contribution >= 0.6 is 0 Å². The molecule has 6 nitrogen and oxygen atoms in total. The van der Waals surface area contributed by atoms with Crippen LogP contribution in [0.5, 0.6) is 5.75 Å². The molecule has 0 atom stereocenters. The second-order valence-corrected chi connectivity index (χ2v) is 6.60. The summed E-state index contributed by atoms with van der Waals surface area (Å²) in [5.74, 6) is -3.87. The van der Waals surface area contributed by atoms with Crippen LogP contribution in [0.2, 0.25) is 0 Å². The maximum Gasteiger partial charge on any atom is 0.265 e. The molecule has 0 aliphatic carbocycles. The fourth-order valence-corrected chi connectivity index (χ4v) is 3.05. The first-order valence-corrected chi connectivity index (χ1v) is 8.21. The number of carbonyl (C=O) groups excluding carboxylic acids is 1. The number of phenolic OH excluding ortho intramolecular Hbond substituents is 1. The Kier molecular flexibility index (Phi) is 5.03. The highest BCUT2D eigenvalue weighted by molar-refractivity contribution is 7.92. The van der Waals surface area contributed by atoms with Gasteiger partial charge in [-0.1, -0.05) is 12.1 Å². The maximum absolute atomic E-state index is 13.3. The zero-order chi connectivity index (χ0) is 17.9. The van der Waals surface area contributed by atoms with Crippen LogP contribution in [0.15, 0.2) is 41.3 Å². The van der Waals surface area contributed by atoms with E-state index in [-0.39, 0.29) is 18.1 Å². The van der Waals surface area contributed by atoms with Crippen LogP contribution in [0.25, 0.3) is 0 Å². The van der Waals surface area contributed by atoms with E-state index in [9.17, 15) is 27.1 Å². The summed E-state index contributed by atoms with van der Waals surface area (Å²) in [5.41, 5.74) is 0.860. The van der Waals surface area contributed by atoms with Crippen LogP contribution in [0.1, 0.15) is 12.5 Å². The van der Waals surface area contributed by atoms with E-state index in [0.29, 0.717) is 12.1 Å². The summed E-state index contributed by atoms with van der Waals surface area (Å²) in [6.45, 7) is 1.64. The lowest BCUT2D eigenvalue weighted by Crippen LogP contribution is -2.19. The minimum absolute atomic E-state index is 0.130. The molecule has 2 rings (SSSR count). The number of sulfonamides is 1. The number of anilines is 1. The lowest BCUT2D eigenvalue weighted by atomic mass is 10.2. The van der Waals surface area contributed by atoms with Crippen molar-refractivity contribution in [2.75, 3.05) is 4.72 Å². The first-order valence-electron chi connectivity index (χ1n) is 6.73. The van der Waals surface area contributed by atoms with E-state index in [1.54, 1.807) is 12.1 Å². The molecule has 0 radical (unpaired) electrons. The smallest absolute Gasteiger partial charge is 0.265 e. The lowest BCUT2D eigenvalue weighted by molar-refractivity contribution is -0.119. The molecule has 2 aromatic rings. The monoisotopic (exact) mass is 356 g/mol. The Morgan fingerprint density at radius 2 is 1.79 bits per heavy atom. The van der Waals surface area contributed by atoms with Crippen molar-refractivity contribution in [3.63, 3.8) is 0 Å². The van der Waals surface area contributed by atoms with Gasteiger partial charge in [-0.25, -0.2) is 17.2 Å². The molecule has 0 spiro atoms. The predicted molar refractivity (Wildman–Crippen MR) is 82.8 cm³/mol. The summed E-state index contributed by atoms with van der Waals surface area (Å²) in [6.07, 6.45) is 0. The molecule has 0 heterocycles. The van der Waals surface area contributed by atoms with Gasteiger partial charge in [-0.2, -0.15) is 0 Å². The number of halogens is 2. The molecular weight excluding hydrogens is 342 g/mol. The Morgan fingerprint density at radius 3 is 2.38 bits per heavy atom. The second-order valence-electron chi connectivity index (χ2n) is 4.95. The molecule has 128 valence electrons. The van der Waals surface area contributed by atoms with Crippen molar-refractivity contribution in [2.45, 2.75) is 18.4 Å². The van der Waals surface area contributed by atoms with E-state index in [1.807, 2.05) is 0 Å². The molecule has 2 aromatic carbocycles. The molecule has 0 aliphatic heterocycles. The van der Waals surface area contributed by atoms with Crippen molar-refractivity contribution in [3.05, 3.63) is 53.6 Å². The highest BCUT2D eigenvalue weighted by Crippen LogP contribution is 2.28. The average Bonchev–Trinajstić information content (AvgIpc) is 2.49. The lowest BCUT2D eigenvalue weighted by Gasteiger charge is -2.11. The van der Waals surface area contributed by atoms with Crippen LogP contribution in [0.4, 0.5) is 14.5 Å². The minimum Gasteiger partial charge on any atom is -0.504 e. The summed E-state index contributed by atoms with van der Waals surface area (Å²) in [5, 5.41) is 12.1. The number of benzene rings is 2. The Hall–Kier alpha value is -2.68. The van der Waals surface area contributed by atoms with Crippen molar-refractivity contribution in [1.29, 1.82) is 0 Å². The van der Waals surface area contributed by atoms with E-state index >= 15 is 0 Å². The molecule has 0 aromatic heterocycles. The van der Waals surface area contributed by atoms with Crippen LogP contribution in [-0.4, -0.2) is 19.4 Å². The summed E-state index contributed by atoms with van der Waals surface area (Å²) in [6, 6.07) is 6.87. The summed E-state index contributed by atoms with van der Waals surface area (Å²) in [7, 11) is -4.38. The maximum atomic E-state index is 13.3. The van der Waals surface area contributed by atoms with Gasteiger partial charge in [0.2, 0.25) is 5.91 Å². The third-order valence-electron chi connectivity index (χ3n) is 3.03. The molecule has 0 saturated heterocycles. The van der Waals surface area contributed by atoms with Crippen LogP contribution < -0.4 is 10.0 Å². The second kappa shape index (κ2) is 6.83. The van der Waals surface area contributed by atoms with E-state index in [0.717, 1.165) is 5.56 Å². The SMILES string of the molecule is CC(=O)NCc1ccc(NS(=O)(=O)c2cc(F)cc(F)c2O)cc1. The topological polar surface area (TPSA) is 95.5 Å². The standard InChI is InChI=1S/C15H14F2N2O4S/c1-9(20)18-8-10-2-4-12(5-3-10)19-24(22,23)14-7-11(16)6-13(17)15(14)21/h2-7,19,21H,8H2,1H3,(H,18,20). The van der Waals surface area contributed by atoms with Gasteiger partial charge in [-0.15, -0.1) is 0 Å². The highest BCUT2D eigenvalue weighted by Gasteiger charge is 2.23. The number of amides is 1. The molecule has 0 aliphatic rings. The van der Waals surface area contributed by atoms with Crippen molar-refractivity contribution < 1.29 is 27.1 Å². The summed E-state index contributed by atoms with van der Waals surface area (Å²) in [4.78, 5) is 9.93. The van der Waals surface area contributed by atoms with E-state index in [1.165, 1.54) is 19.1 Å². The minimum atomic E-state index is -4.38. The molecule has 0 saturated carbocycles. The van der Waals surface area contributed by atoms with Gasteiger partial charge in [-0.3, -0.25) is 9.52 Å². The van der Waals surface area contributed by atoms with Crippen LogP contribution in [0, 0.1) is 11.6 Å². The molecule has 1 amide bonds. The third-order valence-corrected chi connectivity index (χ3v) is 4.42. The van der Waals surface area contributed by atoms with Crippen molar-refractivity contribution in [2.24, 2.45) is 0 Å². The van der Waals surface area contributed by atoms with Crippen molar-refractivity contribution in [1.82, 2.24) is 5.32 Å². The zero-order valence-electron chi connectivity index (χ0n) is 12.5. The molecule has 0 bridgehead atoms. The zero-order valence-corrected chi connectivity index (χ0v) is 13.3. The quantitative estimate of drug-likeness (QED) is 0.765. The number of carbonyl (C=O) groups is 1. The highest BCUT2D eigenvalue weighted by atomic mass is 32.2. The number of rotatable bonds is 5. The molecule has 0 fully saturated rings. The Balaban J connectivity index is 2.22. The molecule has 9 heteroatoms. The van der Waals surface area contributed by atoms with Gasteiger partial charge >= 0.3 is 0 Å². The van der Waals surface area contributed by atoms with E-state index in [2.05, 4.69) is 10.0 Å². The van der Waals surface area contributed by atoms with E-state index < -0.39 is 32.3 Å². The first-order chi connectivity index (χ1) is 11.2. The number of hydrogen-bond acceptors (Lipinski definition) is 4. The molecule has 24 heavy (non-hydrogen) atoms. The van der Waals surface area contributed by atoms with Gasteiger partial charge < -0.3 is 10.4 Å².